The first-order valence-electron chi connectivity index (χ1n) is 8.59. The van der Waals surface area contributed by atoms with Gasteiger partial charge in [0.05, 0.1) is 5.41 Å². The summed E-state index contributed by atoms with van der Waals surface area (Å²) in [6.45, 7) is 12.4. The van der Waals surface area contributed by atoms with E-state index in [1.165, 1.54) is 0 Å². The van der Waals surface area contributed by atoms with Crippen LogP contribution in [-0.4, -0.2) is 35.8 Å². The first kappa shape index (κ1) is 18.7. The predicted molar refractivity (Wildman–Crippen MR) is 98.3 cm³/mol. The molecular weight excluding hydrogens is 318 g/mol. The van der Waals surface area contributed by atoms with Crippen LogP contribution in [0.5, 0.6) is 0 Å². The lowest BCUT2D eigenvalue weighted by atomic mass is 9.66. The van der Waals surface area contributed by atoms with Gasteiger partial charge in [-0.2, -0.15) is 0 Å². The van der Waals surface area contributed by atoms with Crippen molar-refractivity contribution in [3.63, 3.8) is 0 Å². The van der Waals surface area contributed by atoms with Crippen LogP contribution in [0.25, 0.3) is 0 Å². The molecule has 1 amide bonds. The van der Waals surface area contributed by atoms with Crippen LogP contribution in [0.4, 0.5) is 0 Å². The van der Waals surface area contributed by atoms with E-state index in [-0.39, 0.29) is 10.9 Å². The largest absolute Gasteiger partial charge is 0.480 e. The van der Waals surface area contributed by atoms with Gasteiger partial charge in [0.25, 0.3) is 0 Å². The number of carboxylic acids is 1. The summed E-state index contributed by atoms with van der Waals surface area (Å²) in [5.41, 5.74) is 0.205. The first-order chi connectivity index (χ1) is 11.0. The molecule has 1 saturated heterocycles. The van der Waals surface area contributed by atoms with Crippen LogP contribution in [0.3, 0.4) is 0 Å². The second-order valence-electron chi connectivity index (χ2n) is 8.40. The molecule has 2 atom stereocenters. The molecule has 0 aromatic heterocycles. The summed E-state index contributed by atoms with van der Waals surface area (Å²) < 4.78 is 1.74. The minimum Gasteiger partial charge on any atom is -0.480 e. The Labute approximate surface area is 146 Å². The minimum atomic E-state index is -2.23. The topological polar surface area (TPSA) is 57.6 Å². The molecule has 4 nitrogen and oxygen atoms in total. The van der Waals surface area contributed by atoms with Crippen molar-refractivity contribution < 1.29 is 14.7 Å². The van der Waals surface area contributed by atoms with Crippen molar-refractivity contribution in [1.82, 2.24) is 4.57 Å². The van der Waals surface area contributed by atoms with E-state index in [9.17, 15) is 14.7 Å². The van der Waals surface area contributed by atoms with E-state index in [4.69, 9.17) is 0 Å². The van der Waals surface area contributed by atoms with Gasteiger partial charge in [0.1, 0.15) is 6.04 Å². The predicted octanol–water partition coefficient (Wildman–Crippen LogP) is 3.93. The van der Waals surface area contributed by atoms with Crippen molar-refractivity contribution in [1.29, 1.82) is 0 Å². The summed E-state index contributed by atoms with van der Waals surface area (Å²) >= 11 is 0. The second-order valence-corrected chi connectivity index (χ2v) is 13.5. The van der Waals surface area contributed by atoms with Crippen LogP contribution in [0.2, 0.25) is 18.1 Å². The number of carbonyl (C=O) groups is 2. The fourth-order valence-electron chi connectivity index (χ4n) is 3.54. The summed E-state index contributed by atoms with van der Waals surface area (Å²) in [4.78, 5) is 25.3. The number of amides is 1. The average Bonchev–Trinajstić information content (AvgIpc) is 2.48. The van der Waals surface area contributed by atoms with Crippen molar-refractivity contribution in [2.45, 2.75) is 64.7 Å². The van der Waals surface area contributed by atoms with Gasteiger partial charge >= 0.3 is 5.97 Å². The zero-order valence-corrected chi connectivity index (χ0v) is 16.6. The fraction of sp³-hybridized carbons (Fsp3) is 0.579. The Morgan fingerprint density at radius 3 is 2.21 bits per heavy atom. The molecule has 1 aromatic carbocycles. The summed E-state index contributed by atoms with van der Waals surface area (Å²) in [5, 5.41) is 9.84. The molecular formula is C19H29NO3Si. The monoisotopic (exact) mass is 347 g/mol. The summed E-state index contributed by atoms with van der Waals surface area (Å²) in [5.74, 6) is -0.856. The second kappa shape index (κ2) is 6.03. The molecule has 5 heteroatoms. The van der Waals surface area contributed by atoms with Gasteiger partial charge in [0.2, 0.25) is 5.91 Å². The van der Waals surface area contributed by atoms with Gasteiger partial charge in [-0.15, -0.1) is 0 Å². The minimum absolute atomic E-state index is 0.0212. The Bertz CT molecular complexity index is 636. The quantitative estimate of drug-likeness (QED) is 0.648. The lowest BCUT2D eigenvalue weighted by Crippen LogP contribution is -2.80. The molecule has 0 spiro atoms. The van der Waals surface area contributed by atoms with Crippen LogP contribution < -0.4 is 0 Å². The SMILES string of the molecule is CC[C@]1(Cc2ccccc2)C(=O)N([Si](C)(C)C(C)(C)C)[C@@H]1C(=O)O. The molecule has 0 unspecified atom stereocenters. The Morgan fingerprint density at radius 2 is 1.79 bits per heavy atom. The number of carbonyl (C=O) groups excluding carboxylic acids is 1. The molecule has 1 aromatic rings. The van der Waals surface area contributed by atoms with Crippen LogP contribution >= 0.6 is 0 Å². The number of nitrogens with zero attached hydrogens (tertiary/aromatic N) is 1. The molecule has 0 saturated carbocycles. The molecule has 0 radical (unpaired) electrons. The van der Waals surface area contributed by atoms with Crippen LogP contribution in [0.15, 0.2) is 30.3 Å². The highest BCUT2D eigenvalue weighted by Gasteiger charge is 2.67. The van der Waals surface area contributed by atoms with Gasteiger partial charge < -0.3 is 9.67 Å². The van der Waals surface area contributed by atoms with Crippen molar-refractivity contribution in [3.05, 3.63) is 35.9 Å². The molecule has 24 heavy (non-hydrogen) atoms. The van der Waals surface area contributed by atoms with Gasteiger partial charge in [0, 0.05) is 0 Å². The van der Waals surface area contributed by atoms with E-state index in [1.54, 1.807) is 4.57 Å². The number of aliphatic carboxylic acids is 1. The van der Waals surface area contributed by atoms with Crippen LogP contribution in [-0.2, 0) is 16.0 Å². The normalized spacial score (nSPS) is 24.7. The summed E-state index contributed by atoms with van der Waals surface area (Å²) in [7, 11) is -2.23. The average molecular weight is 348 g/mol. The third-order valence-corrected chi connectivity index (χ3v) is 11.4. The molecule has 1 aliphatic rings. The summed E-state index contributed by atoms with van der Waals surface area (Å²) in [6.07, 6.45) is 1.04. The standard InChI is InChI=1S/C19H29NO3Si/c1-7-19(13-14-11-9-8-10-12-14)15(16(21)22)20(17(19)23)24(5,6)18(2,3)4/h8-12,15H,7,13H2,1-6H3,(H,21,22)/t15-,19-/m1/s1. The molecule has 2 rings (SSSR count). The fourth-order valence-corrected chi connectivity index (χ4v) is 6.00. The molecule has 1 fully saturated rings. The third kappa shape index (κ3) is 2.69. The Balaban J connectivity index is 2.44. The first-order valence-corrected chi connectivity index (χ1v) is 11.5. The molecule has 0 bridgehead atoms. The number of rotatable bonds is 5. The third-order valence-electron chi connectivity index (χ3n) is 6.09. The maximum Gasteiger partial charge on any atom is 0.326 e. The van der Waals surface area contributed by atoms with Crippen molar-refractivity contribution >= 4 is 20.1 Å². The molecule has 1 aliphatic heterocycles. The van der Waals surface area contributed by atoms with Gasteiger partial charge in [-0.25, -0.2) is 4.79 Å². The lowest BCUT2D eigenvalue weighted by molar-refractivity contribution is -0.176. The van der Waals surface area contributed by atoms with E-state index in [0.717, 1.165) is 5.56 Å². The van der Waals surface area contributed by atoms with E-state index < -0.39 is 25.7 Å². The van der Waals surface area contributed by atoms with Gasteiger partial charge in [0.15, 0.2) is 8.24 Å². The van der Waals surface area contributed by atoms with Crippen LogP contribution in [0.1, 0.15) is 39.7 Å². The van der Waals surface area contributed by atoms with Crippen molar-refractivity contribution in [3.8, 4) is 0 Å². The molecule has 132 valence electrons. The highest BCUT2D eigenvalue weighted by molar-refractivity contribution is 6.80. The van der Waals surface area contributed by atoms with E-state index in [1.807, 2.05) is 37.3 Å². The maximum atomic E-state index is 13.2. The van der Waals surface area contributed by atoms with Gasteiger partial charge in [-0.3, -0.25) is 4.79 Å². The Hall–Kier alpha value is -1.62. The Kier molecular flexibility index (Phi) is 4.70. The maximum absolute atomic E-state index is 13.2. The van der Waals surface area contributed by atoms with Gasteiger partial charge in [-0.1, -0.05) is 71.1 Å². The van der Waals surface area contributed by atoms with E-state index in [2.05, 4.69) is 33.9 Å². The molecule has 1 heterocycles. The highest BCUT2D eigenvalue weighted by Crippen LogP contribution is 2.52. The zero-order chi connectivity index (χ0) is 18.3. The zero-order valence-electron chi connectivity index (χ0n) is 15.6. The van der Waals surface area contributed by atoms with Crippen molar-refractivity contribution in [2.75, 3.05) is 0 Å². The number of hydrogen-bond acceptors (Lipinski definition) is 2. The Morgan fingerprint density at radius 1 is 1.25 bits per heavy atom. The number of benzene rings is 1. The summed E-state index contributed by atoms with van der Waals surface area (Å²) in [6, 6.07) is 9.02. The highest BCUT2D eigenvalue weighted by atomic mass is 28.3. The van der Waals surface area contributed by atoms with E-state index in [0.29, 0.717) is 12.8 Å². The number of carboxylic acid groups (broad SMARTS) is 1. The van der Waals surface area contributed by atoms with Crippen LogP contribution in [0, 0.1) is 5.41 Å². The number of β-lactam (4-membered cyclic amide) rings is 1. The molecule has 1 N–H and O–H groups in total. The molecule has 0 aliphatic carbocycles. The van der Waals surface area contributed by atoms with Gasteiger partial charge in [-0.05, 0) is 23.4 Å². The van der Waals surface area contributed by atoms with Crippen molar-refractivity contribution in [2.24, 2.45) is 5.41 Å². The lowest BCUT2D eigenvalue weighted by Gasteiger charge is -2.62. The number of hydrogen-bond donors (Lipinski definition) is 1. The smallest absolute Gasteiger partial charge is 0.326 e. The van der Waals surface area contributed by atoms with E-state index >= 15 is 0 Å².